The van der Waals surface area contributed by atoms with E-state index in [2.05, 4.69) is 10.6 Å². The second-order valence-electron chi connectivity index (χ2n) is 4.20. The molecule has 3 N–H and O–H groups in total. The van der Waals surface area contributed by atoms with Crippen molar-refractivity contribution in [1.82, 2.24) is 10.6 Å². The molecule has 0 spiro atoms. The zero-order chi connectivity index (χ0) is 14.1. The molecule has 1 rings (SSSR count). The summed E-state index contributed by atoms with van der Waals surface area (Å²) < 4.78 is 0. The summed E-state index contributed by atoms with van der Waals surface area (Å²) in [5.74, 6) is -0.401. The number of amides is 2. The van der Waals surface area contributed by atoms with Gasteiger partial charge in [0.15, 0.2) is 0 Å². The Morgan fingerprint density at radius 1 is 1.16 bits per heavy atom. The largest absolute Gasteiger partial charge is 0.388 e. The van der Waals surface area contributed by atoms with Gasteiger partial charge in [-0.05, 0) is 12.0 Å². The Morgan fingerprint density at radius 2 is 1.84 bits per heavy atom. The summed E-state index contributed by atoms with van der Waals surface area (Å²) in [5.41, 5.74) is 0.830. The zero-order valence-electron chi connectivity index (χ0n) is 11.1. The summed E-state index contributed by atoms with van der Waals surface area (Å²) in [6, 6.07) is 9.28. The second kappa shape index (κ2) is 8.26. The zero-order valence-corrected chi connectivity index (χ0v) is 11.1. The first-order chi connectivity index (χ1) is 9.13. The Kier molecular flexibility index (Phi) is 6.60. The van der Waals surface area contributed by atoms with Gasteiger partial charge in [0.25, 0.3) is 0 Å². The van der Waals surface area contributed by atoms with Crippen molar-refractivity contribution >= 4 is 11.8 Å². The van der Waals surface area contributed by atoms with Crippen LogP contribution in [-0.2, 0) is 9.59 Å². The number of rotatable bonds is 7. The standard InChI is InChI=1S/C14H20N2O3/c1-2-13(18)16-10-14(19)15-9-8-12(17)11-6-4-3-5-7-11/h3-7,12,17H,2,8-10H2,1H3,(H,15,19)(H,16,18). The van der Waals surface area contributed by atoms with Crippen molar-refractivity contribution in [3.05, 3.63) is 35.9 Å². The van der Waals surface area contributed by atoms with E-state index in [0.717, 1.165) is 5.56 Å². The van der Waals surface area contributed by atoms with E-state index in [-0.39, 0.29) is 18.4 Å². The molecule has 0 aliphatic heterocycles. The Hall–Kier alpha value is -1.88. The minimum absolute atomic E-state index is 0.0197. The third kappa shape index (κ3) is 6.01. The maximum atomic E-state index is 11.4. The molecular weight excluding hydrogens is 244 g/mol. The van der Waals surface area contributed by atoms with Gasteiger partial charge < -0.3 is 15.7 Å². The van der Waals surface area contributed by atoms with E-state index >= 15 is 0 Å². The van der Waals surface area contributed by atoms with Gasteiger partial charge >= 0.3 is 0 Å². The molecule has 0 saturated carbocycles. The summed E-state index contributed by atoms with van der Waals surface area (Å²) in [6.07, 6.45) is 0.212. The van der Waals surface area contributed by atoms with Crippen molar-refractivity contribution in [2.75, 3.05) is 13.1 Å². The predicted octanol–water partition coefficient (Wildman–Crippen LogP) is 0.752. The second-order valence-corrected chi connectivity index (χ2v) is 4.20. The van der Waals surface area contributed by atoms with Crippen LogP contribution in [0.3, 0.4) is 0 Å². The number of carbonyl (C=O) groups is 2. The fourth-order valence-corrected chi connectivity index (χ4v) is 1.56. The summed E-state index contributed by atoms with van der Waals surface area (Å²) >= 11 is 0. The van der Waals surface area contributed by atoms with E-state index in [1.54, 1.807) is 6.92 Å². The lowest BCUT2D eigenvalue weighted by Crippen LogP contribution is -2.37. The molecule has 1 atom stereocenters. The normalized spacial score (nSPS) is 11.7. The van der Waals surface area contributed by atoms with Crippen molar-refractivity contribution in [3.63, 3.8) is 0 Å². The van der Waals surface area contributed by atoms with Crippen molar-refractivity contribution < 1.29 is 14.7 Å². The highest BCUT2D eigenvalue weighted by Gasteiger charge is 2.08. The third-order valence-electron chi connectivity index (χ3n) is 2.69. The summed E-state index contributed by atoms with van der Waals surface area (Å²) in [4.78, 5) is 22.3. The molecule has 0 saturated heterocycles. The first kappa shape index (κ1) is 15.2. The van der Waals surface area contributed by atoms with Crippen molar-refractivity contribution in [2.45, 2.75) is 25.9 Å². The van der Waals surface area contributed by atoms with Crippen LogP contribution in [0.4, 0.5) is 0 Å². The van der Waals surface area contributed by atoms with Gasteiger partial charge in [0.05, 0.1) is 12.6 Å². The van der Waals surface area contributed by atoms with Crippen LogP contribution >= 0.6 is 0 Å². The van der Waals surface area contributed by atoms with E-state index in [4.69, 9.17) is 0 Å². The number of aliphatic hydroxyl groups excluding tert-OH is 1. The molecule has 5 nitrogen and oxygen atoms in total. The van der Waals surface area contributed by atoms with Crippen LogP contribution in [0.2, 0.25) is 0 Å². The molecule has 0 aromatic heterocycles. The predicted molar refractivity (Wildman–Crippen MR) is 72.3 cm³/mol. The third-order valence-corrected chi connectivity index (χ3v) is 2.69. The lowest BCUT2D eigenvalue weighted by molar-refractivity contribution is -0.125. The van der Waals surface area contributed by atoms with Gasteiger partial charge in [0.1, 0.15) is 0 Å². The van der Waals surface area contributed by atoms with Crippen LogP contribution < -0.4 is 10.6 Å². The molecule has 1 unspecified atom stereocenters. The molecule has 1 aromatic rings. The lowest BCUT2D eigenvalue weighted by Gasteiger charge is -2.11. The molecular formula is C14H20N2O3. The molecule has 0 fully saturated rings. The van der Waals surface area contributed by atoms with Gasteiger partial charge in [-0.1, -0.05) is 37.3 Å². The molecule has 0 heterocycles. The number of benzene rings is 1. The van der Waals surface area contributed by atoms with E-state index in [0.29, 0.717) is 19.4 Å². The Bertz CT molecular complexity index is 406. The van der Waals surface area contributed by atoms with Crippen LogP contribution in [0.15, 0.2) is 30.3 Å². The van der Waals surface area contributed by atoms with Crippen LogP contribution in [0.5, 0.6) is 0 Å². The summed E-state index contributed by atoms with van der Waals surface area (Å²) in [5, 5.41) is 15.0. The van der Waals surface area contributed by atoms with Crippen molar-refractivity contribution in [1.29, 1.82) is 0 Å². The van der Waals surface area contributed by atoms with Crippen LogP contribution in [0.25, 0.3) is 0 Å². The topological polar surface area (TPSA) is 78.4 Å². The fraction of sp³-hybridized carbons (Fsp3) is 0.429. The number of aliphatic hydroxyl groups is 1. The molecule has 0 radical (unpaired) electrons. The Balaban J connectivity index is 2.19. The van der Waals surface area contributed by atoms with E-state index in [1.165, 1.54) is 0 Å². The van der Waals surface area contributed by atoms with E-state index in [9.17, 15) is 14.7 Å². The lowest BCUT2D eigenvalue weighted by atomic mass is 10.1. The van der Waals surface area contributed by atoms with Crippen LogP contribution in [0.1, 0.15) is 31.4 Å². The number of nitrogens with one attached hydrogen (secondary N) is 2. The number of carbonyl (C=O) groups excluding carboxylic acids is 2. The molecule has 5 heteroatoms. The maximum Gasteiger partial charge on any atom is 0.239 e. The maximum absolute atomic E-state index is 11.4. The van der Waals surface area contributed by atoms with Gasteiger partial charge in [-0.15, -0.1) is 0 Å². The van der Waals surface area contributed by atoms with Crippen LogP contribution in [-0.4, -0.2) is 30.0 Å². The smallest absolute Gasteiger partial charge is 0.239 e. The first-order valence-electron chi connectivity index (χ1n) is 6.40. The van der Waals surface area contributed by atoms with Gasteiger partial charge in [-0.25, -0.2) is 0 Å². The average molecular weight is 264 g/mol. The van der Waals surface area contributed by atoms with Gasteiger partial charge in [0.2, 0.25) is 11.8 Å². The Labute approximate surface area is 113 Å². The highest BCUT2D eigenvalue weighted by Crippen LogP contribution is 2.14. The van der Waals surface area contributed by atoms with Gasteiger partial charge in [0, 0.05) is 13.0 Å². The van der Waals surface area contributed by atoms with E-state index < -0.39 is 6.10 Å². The minimum Gasteiger partial charge on any atom is -0.388 e. The van der Waals surface area contributed by atoms with Gasteiger partial charge in [-0.3, -0.25) is 9.59 Å². The number of hydrogen-bond acceptors (Lipinski definition) is 3. The van der Waals surface area contributed by atoms with Crippen molar-refractivity contribution in [3.8, 4) is 0 Å². The highest BCUT2D eigenvalue weighted by molar-refractivity contribution is 5.84. The van der Waals surface area contributed by atoms with E-state index in [1.807, 2.05) is 30.3 Å². The molecule has 104 valence electrons. The highest BCUT2D eigenvalue weighted by atomic mass is 16.3. The average Bonchev–Trinajstić information content (AvgIpc) is 2.45. The minimum atomic E-state index is -0.591. The molecule has 2 amide bonds. The molecule has 0 aliphatic rings. The van der Waals surface area contributed by atoms with Crippen molar-refractivity contribution in [2.24, 2.45) is 0 Å². The van der Waals surface area contributed by atoms with Crippen LogP contribution in [0, 0.1) is 0 Å². The number of hydrogen-bond donors (Lipinski definition) is 3. The monoisotopic (exact) mass is 264 g/mol. The summed E-state index contributed by atoms with van der Waals surface area (Å²) in [7, 11) is 0. The fourth-order valence-electron chi connectivity index (χ4n) is 1.56. The molecule has 0 bridgehead atoms. The summed E-state index contributed by atoms with van der Waals surface area (Å²) in [6.45, 7) is 2.08. The quantitative estimate of drug-likeness (QED) is 0.680. The first-order valence-corrected chi connectivity index (χ1v) is 6.40. The molecule has 19 heavy (non-hydrogen) atoms. The molecule has 0 aliphatic carbocycles. The SMILES string of the molecule is CCC(=O)NCC(=O)NCCC(O)c1ccccc1. The Morgan fingerprint density at radius 3 is 2.47 bits per heavy atom. The van der Waals surface area contributed by atoms with Gasteiger partial charge in [-0.2, -0.15) is 0 Å². The molecule has 1 aromatic carbocycles.